The average Bonchev–Trinajstić information content (AvgIpc) is 2.71. The summed E-state index contributed by atoms with van der Waals surface area (Å²) in [4.78, 5) is 2.34. The molecule has 0 atom stereocenters. The van der Waals surface area contributed by atoms with Crippen molar-refractivity contribution in [3.8, 4) is 0 Å². The molecular weight excluding hydrogens is 304 g/mol. The van der Waals surface area contributed by atoms with Gasteiger partial charge in [-0.05, 0) is 54.4 Å². The van der Waals surface area contributed by atoms with Gasteiger partial charge in [0.2, 0.25) is 6.34 Å². The topological polar surface area (TPSA) is 6.25 Å². The Labute approximate surface area is 152 Å². The molecule has 0 saturated carbocycles. The lowest BCUT2D eigenvalue weighted by Crippen LogP contribution is -2.27. The van der Waals surface area contributed by atoms with E-state index in [9.17, 15) is 0 Å². The summed E-state index contributed by atoms with van der Waals surface area (Å²) in [6, 6.07) is 9.12. The van der Waals surface area contributed by atoms with Gasteiger partial charge in [-0.2, -0.15) is 0 Å². The number of nitrogens with zero attached hydrogens (tertiary/aromatic N) is 2. The van der Waals surface area contributed by atoms with Crippen LogP contribution >= 0.6 is 0 Å². The van der Waals surface area contributed by atoms with Crippen LogP contribution in [0.2, 0.25) is 0 Å². The van der Waals surface area contributed by atoms with Crippen molar-refractivity contribution in [1.29, 1.82) is 0 Å². The second-order valence-electron chi connectivity index (χ2n) is 7.61. The van der Waals surface area contributed by atoms with Crippen LogP contribution in [0.1, 0.15) is 46.2 Å². The van der Waals surface area contributed by atoms with E-state index in [4.69, 9.17) is 0 Å². The molecule has 0 aliphatic carbocycles. The van der Waals surface area contributed by atoms with E-state index >= 15 is 0 Å². The van der Waals surface area contributed by atoms with E-state index in [-0.39, 0.29) is 0 Å². The molecule has 0 unspecified atom stereocenters. The van der Waals surface area contributed by atoms with Crippen LogP contribution < -0.4 is 4.90 Å². The molecule has 0 N–H and O–H groups in total. The van der Waals surface area contributed by atoms with Crippen LogP contribution in [-0.4, -0.2) is 24.0 Å². The number of anilines is 1. The molecule has 1 aliphatic rings. The van der Waals surface area contributed by atoms with Gasteiger partial charge in [-0.1, -0.05) is 57.6 Å². The van der Waals surface area contributed by atoms with E-state index in [1.165, 1.54) is 57.6 Å². The van der Waals surface area contributed by atoms with Crippen molar-refractivity contribution in [2.75, 3.05) is 18.0 Å². The summed E-state index contributed by atoms with van der Waals surface area (Å²) in [7, 11) is 0. The summed E-state index contributed by atoms with van der Waals surface area (Å²) in [5, 5.41) is 0. The Kier molecular flexibility index (Phi) is 4.99. The van der Waals surface area contributed by atoms with Gasteiger partial charge < -0.3 is 9.48 Å². The lowest BCUT2D eigenvalue weighted by atomic mass is 10.0. The molecule has 2 nitrogen and oxygen atoms in total. The molecule has 1 heterocycles. The first-order chi connectivity index (χ1) is 11.9. The molecular formula is C23H30N2. The van der Waals surface area contributed by atoms with Crippen LogP contribution in [0.25, 0.3) is 0 Å². The molecule has 0 spiro atoms. The SMILES string of the molecule is Cc1cc(C)c(N2[C-]=[N+](c3c(C)cc(C)cc3C)CCCC2)c(C)c1. The van der Waals surface area contributed by atoms with E-state index in [2.05, 4.69) is 81.6 Å². The van der Waals surface area contributed by atoms with Crippen molar-refractivity contribution < 1.29 is 4.58 Å². The Morgan fingerprint density at radius 3 is 1.84 bits per heavy atom. The number of hydrogen-bond donors (Lipinski definition) is 0. The van der Waals surface area contributed by atoms with Gasteiger partial charge >= 0.3 is 0 Å². The predicted molar refractivity (Wildman–Crippen MR) is 108 cm³/mol. The first kappa shape index (κ1) is 17.7. The molecule has 0 aromatic heterocycles. The van der Waals surface area contributed by atoms with Crippen LogP contribution in [0.3, 0.4) is 0 Å². The van der Waals surface area contributed by atoms with Crippen LogP contribution in [0.4, 0.5) is 11.4 Å². The van der Waals surface area contributed by atoms with E-state index in [1.54, 1.807) is 0 Å². The van der Waals surface area contributed by atoms with Crippen LogP contribution in [0.15, 0.2) is 24.3 Å². The predicted octanol–water partition coefficient (Wildman–Crippen LogP) is 5.39. The summed E-state index contributed by atoms with van der Waals surface area (Å²) in [6.07, 6.45) is 6.11. The highest BCUT2D eigenvalue weighted by atomic mass is 15.2. The summed E-state index contributed by atoms with van der Waals surface area (Å²) < 4.78 is 2.34. The lowest BCUT2D eigenvalue weighted by molar-refractivity contribution is -0.437. The van der Waals surface area contributed by atoms with Crippen molar-refractivity contribution in [3.63, 3.8) is 0 Å². The minimum Gasteiger partial charge on any atom is -0.337 e. The number of rotatable bonds is 2. The largest absolute Gasteiger partial charge is 0.337 e. The normalized spacial score (nSPS) is 15.1. The zero-order valence-electron chi connectivity index (χ0n) is 16.5. The Bertz CT molecular complexity index is 784. The molecule has 25 heavy (non-hydrogen) atoms. The molecule has 0 fully saturated rings. The smallest absolute Gasteiger partial charge is 0.206 e. The molecule has 1 aliphatic heterocycles. The summed E-state index contributed by atoms with van der Waals surface area (Å²) in [5.41, 5.74) is 10.6. The maximum Gasteiger partial charge on any atom is 0.206 e. The quantitative estimate of drug-likeness (QED) is 0.527. The summed E-state index contributed by atoms with van der Waals surface area (Å²) in [5.74, 6) is 0. The lowest BCUT2D eigenvalue weighted by Gasteiger charge is -2.25. The molecule has 2 heteroatoms. The summed E-state index contributed by atoms with van der Waals surface area (Å²) in [6.45, 7) is 15.3. The minimum absolute atomic E-state index is 1.03. The summed E-state index contributed by atoms with van der Waals surface area (Å²) >= 11 is 0. The van der Waals surface area contributed by atoms with Gasteiger partial charge in [0.1, 0.15) is 0 Å². The highest BCUT2D eigenvalue weighted by Crippen LogP contribution is 2.29. The van der Waals surface area contributed by atoms with Gasteiger partial charge in [0, 0.05) is 11.4 Å². The fourth-order valence-corrected chi connectivity index (χ4v) is 4.31. The second kappa shape index (κ2) is 7.03. The Morgan fingerprint density at radius 1 is 0.760 bits per heavy atom. The number of aryl methyl sites for hydroxylation is 6. The van der Waals surface area contributed by atoms with Crippen molar-refractivity contribution in [2.24, 2.45) is 0 Å². The molecule has 132 valence electrons. The van der Waals surface area contributed by atoms with Crippen molar-refractivity contribution in [3.05, 3.63) is 57.6 Å². The number of hydrogen-bond acceptors (Lipinski definition) is 1. The van der Waals surface area contributed by atoms with Crippen LogP contribution in [0.5, 0.6) is 0 Å². The third-order valence-corrected chi connectivity index (χ3v) is 5.07. The Morgan fingerprint density at radius 2 is 1.28 bits per heavy atom. The zero-order chi connectivity index (χ0) is 18.1. The van der Waals surface area contributed by atoms with Crippen LogP contribution in [0, 0.1) is 41.5 Å². The van der Waals surface area contributed by atoms with Crippen molar-refractivity contribution in [1.82, 2.24) is 0 Å². The molecule has 0 bridgehead atoms. The fourth-order valence-electron chi connectivity index (χ4n) is 4.31. The molecule has 3 rings (SSSR count). The monoisotopic (exact) mass is 334 g/mol. The third-order valence-electron chi connectivity index (χ3n) is 5.07. The molecule has 0 amide bonds. The highest BCUT2D eigenvalue weighted by Gasteiger charge is 2.17. The maximum absolute atomic E-state index is 3.72. The fraction of sp³-hybridized carbons (Fsp3) is 0.435. The van der Waals surface area contributed by atoms with Crippen molar-refractivity contribution >= 4 is 17.7 Å². The van der Waals surface area contributed by atoms with Gasteiger partial charge in [0.05, 0.1) is 13.1 Å². The van der Waals surface area contributed by atoms with Crippen molar-refractivity contribution in [2.45, 2.75) is 54.4 Å². The standard InChI is InChI=1S/C23H30N2/c1-16-11-18(3)22(19(4)12-16)24-9-7-8-10-25(15-24)23-20(5)13-17(2)14-21(23)6/h11-14H,7-10H2,1-6H3. The number of benzene rings is 2. The minimum atomic E-state index is 1.03. The van der Waals surface area contributed by atoms with Gasteiger partial charge in [0.25, 0.3) is 0 Å². The average molecular weight is 335 g/mol. The molecule has 2 aromatic carbocycles. The molecule has 2 aromatic rings. The van der Waals surface area contributed by atoms with Gasteiger partial charge in [-0.15, -0.1) is 0 Å². The molecule has 0 radical (unpaired) electrons. The Hall–Kier alpha value is -2.09. The Balaban J connectivity index is 2.10. The van der Waals surface area contributed by atoms with Crippen LogP contribution in [-0.2, 0) is 0 Å². The van der Waals surface area contributed by atoms with Gasteiger partial charge in [-0.25, -0.2) is 0 Å². The van der Waals surface area contributed by atoms with Gasteiger partial charge in [-0.3, -0.25) is 0 Å². The first-order valence-corrected chi connectivity index (χ1v) is 9.34. The second-order valence-corrected chi connectivity index (χ2v) is 7.61. The van der Waals surface area contributed by atoms with E-state index < -0.39 is 0 Å². The van der Waals surface area contributed by atoms with E-state index in [1.807, 2.05) is 0 Å². The highest BCUT2D eigenvalue weighted by molar-refractivity contribution is 5.81. The zero-order valence-corrected chi connectivity index (χ0v) is 16.5. The third kappa shape index (κ3) is 3.63. The van der Waals surface area contributed by atoms with Gasteiger partial charge in [0.15, 0.2) is 0 Å². The first-order valence-electron chi connectivity index (χ1n) is 9.34. The van der Waals surface area contributed by atoms with E-state index in [0.717, 1.165) is 13.1 Å². The van der Waals surface area contributed by atoms with E-state index in [0.29, 0.717) is 0 Å². The maximum atomic E-state index is 3.72. The molecule has 0 saturated heterocycles.